The molecule has 0 spiro atoms. The second kappa shape index (κ2) is 44.7. The number of rotatable bonds is 33. The van der Waals surface area contributed by atoms with Gasteiger partial charge in [-0.25, -0.2) is 9.59 Å². The summed E-state index contributed by atoms with van der Waals surface area (Å²) in [6.07, 6.45) is -19.6. The van der Waals surface area contributed by atoms with Crippen molar-refractivity contribution < 1.29 is 104 Å². The average molecular weight is 1790 g/mol. The first-order chi connectivity index (χ1) is 60.0. The van der Waals surface area contributed by atoms with Gasteiger partial charge in [0.15, 0.2) is 49.9 Å². The minimum absolute atomic E-state index is 0.00742. The Morgan fingerprint density at radius 2 is 0.600 bits per heavy atom. The molecule has 6 aromatic rings. The Bertz CT molecular complexity index is 4270. The number of hydrogen-bond donors (Lipinski definition) is 1. The maximum atomic E-state index is 15.6. The van der Waals surface area contributed by atoms with Crippen molar-refractivity contribution >= 4 is 52.6 Å². The Labute approximate surface area is 753 Å². The van der Waals surface area contributed by atoms with E-state index in [2.05, 4.69) is 67.6 Å². The molecule has 684 valence electrons. The smallest absolute Gasteiger partial charge is 0.338 e. The fourth-order valence-corrected chi connectivity index (χ4v) is 18.6. The van der Waals surface area contributed by atoms with Crippen LogP contribution < -0.4 is 5.32 Å². The molecule has 35 atom stereocenters. The summed E-state index contributed by atoms with van der Waals surface area (Å²) in [7, 11) is 0. The van der Waals surface area contributed by atoms with Gasteiger partial charge in [-0.3, -0.25) is 4.79 Å². The lowest BCUT2D eigenvalue weighted by molar-refractivity contribution is -0.389. The molecule has 23 nitrogen and oxygen atoms in total. The van der Waals surface area contributed by atoms with E-state index in [9.17, 15) is 4.79 Å². The minimum Gasteiger partial charge on any atom is -0.459 e. The van der Waals surface area contributed by atoms with Gasteiger partial charge in [0.05, 0.1) is 94.5 Å². The number of ether oxygens (including phenoxy) is 19. The van der Waals surface area contributed by atoms with Crippen molar-refractivity contribution in [2.24, 2.45) is 71.0 Å². The third-order valence-corrected chi connectivity index (χ3v) is 28.2. The Morgan fingerprint density at radius 3 is 1.01 bits per heavy atom. The van der Waals surface area contributed by atoms with Gasteiger partial charge >= 0.3 is 11.9 Å². The molecule has 0 aliphatic carbocycles. The van der Waals surface area contributed by atoms with E-state index in [-0.39, 0.29) is 93.3 Å². The van der Waals surface area contributed by atoms with Crippen LogP contribution in [0.4, 0.5) is 0 Å². The van der Waals surface area contributed by atoms with Crippen LogP contribution in [0.15, 0.2) is 182 Å². The van der Waals surface area contributed by atoms with E-state index in [0.717, 1.165) is 33.4 Å². The van der Waals surface area contributed by atoms with Crippen molar-refractivity contribution in [3.63, 3.8) is 0 Å². The zero-order valence-electron chi connectivity index (χ0n) is 74.8. The molecular weight excluding hydrogens is 1660 g/mol. The molecule has 0 saturated carbocycles. The van der Waals surface area contributed by atoms with E-state index < -0.39 is 180 Å². The fraction of sp³-hybridized carbons (Fsp3) is 0.606. The molecule has 13 rings (SSSR count). The third-order valence-electron chi connectivity index (χ3n) is 27.6. The number of esters is 2. The van der Waals surface area contributed by atoms with Crippen LogP contribution in [0, 0.1) is 71.0 Å². The molecule has 0 bridgehead atoms. The first-order valence-corrected chi connectivity index (χ1v) is 46.0. The number of hydrogen-bond acceptors (Lipinski definition) is 22. The lowest BCUT2D eigenvalue weighted by Crippen LogP contribution is -2.66. The maximum Gasteiger partial charge on any atom is 0.338 e. The Hall–Kier alpha value is -6.08. The van der Waals surface area contributed by atoms with Crippen molar-refractivity contribution in [1.29, 1.82) is 0 Å². The van der Waals surface area contributed by atoms with Crippen molar-refractivity contribution in [1.82, 2.24) is 5.32 Å². The lowest BCUT2D eigenvalue weighted by atomic mass is 9.79. The molecule has 6 aromatic carbocycles. The lowest BCUT2D eigenvalue weighted by Gasteiger charge is -2.52. The van der Waals surface area contributed by atoms with Crippen LogP contribution in [0.25, 0.3) is 0 Å². The van der Waals surface area contributed by atoms with Crippen LogP contribution in [0.1, 0.15) is 144 Å². The van der Waals surface area contributed by atoms with E-state index in [4.69, 9.17) is 125 Å². The Kier molecular flexibility index (Phi) is 34.5. The summed E-state index contributed by atoms with van der Waals surface area (Å²) in [5, 5.41) is 2.92. The van der Waals surface area contributed by atoms with E-state index >= 15 is 9.59 Å². The third kappa shape index (κ3) is 24.2. The van der Waals surface area contributed by atoms with Crippen molar-refractivity contribution in [2.75, 3.05) is 13.2 Å². The summed E-state index contributed by atoms with van der Waals surface area (Å²) in [5.74, 6) is -5.43. The van der Waals surface area contributed by atoms with Gasteiger partial charge in [-0.15, -0.1) is 0 Å². The van der Waals surface area contributed by atoms with E-state index in [1.807, 2.05) is 224 Å². The Morgan fingerprint density at radius 1 is 0.288 bits per heavy atom. The highest BCUT2D eigenvalue weighted by molar-refractivity contribution is 6.76. The van der Waals surface area contributed by atoms with Crippen LogP contribution in [-0.2, 0) is 144 Å². The van der Waals surface area contributed by atoms with Gasteiger partial charge in [0, 0.05) is 35.5 Å². The van der Waals surface area contributed by atoms with Gasteiger partial charge < -0.3 is 95.3 Å². The van der Waals surface area contributed by atoms with Crippen molar-refractivity contribution in [3.05, 3.63) is 215 Å². The number of halogens is 3. The first kappa shape index (κ1) is 96.5. The minimum atomic E-state index is -2.36. The van der Waals surface area contributed by atoms with Crippen LogP contribution >= 0.6 is 34.8 Å². The molecule has 7 aliphatic heterocycles. The molecule has 0 aromatic heterocycles. The van der Waals surface area contributed by atoms with E-state index in [0.29, 0.717) is 13.2 Å². The molecule has 7 saturated heterocycles. The first-order valence-electron chi connectivity index (χ1n) is 44.8. The van der Waals surface area contributed by atoms with E-state index in [1.54, 1.807) is 6.92 Å². The van der Waals surface area contributed by atoms with Gasteiger partial charge in [-0.1, -0.05) is 300 Å². The highest BCUT2D eigenvalue weighted by Gasteiger charge is 2.59. The summed E-state index contributed by atoms with van der Waals surface area (Å²) in [4.78, 5) is 44.6. The zero-order valence-corrected chi connectivity index (χ0v) is 77.1. The summed E-state index contributed by atoms with van der Waals surface area (Å²) in [5.41, 5.74) is 5.25. The highest BCUT2D eigenvalue weighted by atomic mass is 35.6. The molecule has 26 heteroatoms. The molecule has 1 amide bonds. The van der Waals surface area contributed by atoms with Crippen molar-refractivity contribution in [3.8, 4) is 0 Å². The van der Waals surface area contributed by atoms with Crippen LogP contribution in [0.3, 0.4) is 0 Å². The van der Waals surface area contributed by atoms with Crippen molar-refractivity contribution in [2.45, 2.75) is 296 Å². The number of carbonyl (C=O) groups is 3. The predicted molar refractivity (Wildman–Crippen MR) is 469 cm³/mol. The molecule has 14 unspecified atom stereocenters. The maximum absolute atomic E-state index is 15.6. The quantitative estimate of drug-likeness (QED) is 0.0297. The standard InChI is InChI=1S/C99H130Cl3NO22/c1-55-56(2)67(13)114-92(61(55)7)120-82-64(10)84(109-49-73-39-27-19-28-40-73)94(124-88(82)90(104)111-51-75-43-31-21-32-44-75)118-80-62(8)78(54-108-48-72-37-25-18-26-38-72)117-93(66(80)12)122-86-59(5)57(3)69(15)116-97(86)123-87-60(6)58(4)68(14)115-96(87)121-83-65(11)85(110-50-74-41-29-20-30-42-74)95(125-89(83)91(105)112-52-76-45-33-22-34-46-76)119-81-63(9)77(53-107-47-71-35-23-17-24-36-71)113-70(16)79(81)103-98(106)99(100,101)102/h17-46,55-70,77-89,92-97H,47-54H2,1-16H3,(H,103,106)/t55?,56-,57-,58-,59?,60?,61?,62+,63+,64+,65+,66?,67+,68+,69+,70+,77?,78?,79?,80+,81+,82-,83-,84?,85?,86?,87?,88?,89?,92+,93+,94-,95-,96+,97+/m1/s1. The number of carbonyl (C=O) groups excluding carboxylic acids is 3. The number of amides is 1. The average Bonchev–Trinajstić information content (AvgIpc) is 0.762. The summed E-state index contributed by atoms with van der Waals surface area (Å²) >= 11 is 18.9. The molecule has 7 fully saturated rings. The number of nitrogens with one attached hydrogen (secondary N) is 1. The van der Waals surface area contributed by atoms with Gasteiger partial charge in [-0.05, 0) is 96.6 Å². The van der Waals surface area contributed by atoms with Gasteiger partial charge in [0.2, 0.25) is 0 Å². The summed E-state index contributed by atoms with van der Waals surface area (Å²) in [6.45, 7) is 33.9. The highest BCUT2D eigenvalue weighted by Crippen LogP contribution is 2.47. The molecule has 0 radical (unpaired) electrons. The predicted octanol–water partition coefficient (Wildman–Crippen LogP) is 17.1. The fourth-order valence-electron chi connectivity index (χ4n) is 18.4. The molecule has 7 heterocycles. The monoisotopic (exact) mass is 1790 g/mol. The van der Waals surface area contributed by atoms with Gasteiger partial charge in [0.25, 0.3) is 9.70 Å². The summed E-state index contributed by atoms with van der Waals surface area (Å²) in [6, 6.07) is 57.3. The molecule has 7 aliphatic rings. The van der Waals surface area contributed by atoms with Crippen LogP contribution in [0.2, 0.25) is 0 Å². The SMILES string of the molecule is CC1C(C)[C@@H](C)[C@H](C)O[C@H]1O[C@H]1C(C(=O)OCc2ccccc2)O[C@@H](O[C@@H]2C(C)[C@H](OC3C(C)[C@@H](C)[C@H](C)O[C@H]3OC3C(C)[C@@H](C)[C@H](C)O[C@H]3O[C@H]3C(C(=O)OCc4ccccc4)O[C@@H](O[C@@H]4C(NC(=O)C(Cl)(Cl)Cl)[C@H](C)OC(COCc5ccccc5)[C@@H]4C)C(OCc4ccccc4)[C@H]3C)OC(COCc3ccccc3)[C@@H]2C)C(OCc2ccccc2)[C@H]1C. The second-order valence-electron chi connectivity index (χ2n) is 36.0. The molecular formula is C99H130Cl3NO22. The number of alkyl halides is 3. The normalized spacial score (nSPS) is 37.6. The largest absolute Gasteiger partial charge is 0.459 e. The zero-order chi connectivity index (χ0) is 88.9. The van der Waals surface area contributed by atoms with E-state index in [1.165, 1.54) is 0 Å². The second-order valence-corrected chi connectivity index (χ2v) is 38.3. The molecule has 1 N–H and O–H groups in total. The summed E-state index contributed by atoms with van der Waals surface area (Å²) < 4.78 is 131. The topological polar surface area (TPSA) is 239 Å². The van der Waals surface area contributed by atoms with Crippen LogP contribution in [-0.4, -0.2) is 176 Å². The van der Waals surface area contributed by atoms with Crippen LogP contribution in [0.5, 0.6) is 0 Å². The molecule has 125 heavy (non-hydrogen) atoms. The Balaban J connectivity index is 0.822. The van der Waals surface area contributed by atoms with Gasteiger partial charge in [-0.2, -0.15) is 0 Å². The van der Waals surface area contributed by atoms with Gasteiger partial charge in [0.1, 0.15) is 49.8 Å². The number of benzene rings is 6.